The van der Waals surface area contributed by atoms with Crippen LogP contribution in [0.2, 0.25) is 0 Å². The minimum Gasteiger partial charge on any atom is -0.372 e. The van der Waals surface area contributed by atoms with Gasteiger partial charge in [0.1, 0.15) is 0 Å². The van der Waals surface area contributed by atoms with E-state index in [9.17, 15) is 9.59 Å². The van der Waals surface area contributed by atoms with Gasteiger partial charge in [-0.3, -0.25) is 14.5 Å². The first kappa shape index (κ1) is 16.9. The van der Waals surface area contributed by atoms with Gasteiger partial charge in [0.15, 0.2) is 0 Å². The van der Waals surface area contributed by atoms with E-state index in [1.807, 2.05) is 25.7 Å². The number of likely N-dealkylation sites (N-methyl/N-ethyl adjacent to an activating group) is 2. The van der Waals surface area contributed by atoms with Gasteiger partial charge in [-0.25, -0.2) is 0 Å². The highest BCUT2D eigenvalue weighted by atomic mass is 16.5. The molecule has 0 spiro atoms. The lowest BCUT2D eigenvalue weighted by atomic mass is 10.2. The second kappa shape index (κ2) is 7.04. The van der Waals surface area contributed by atoms with Crippen molar-refractivity contribution in [2.75, 3.05) is 40.8 Å². The molecular formula is C14H27N3O3. The number of amides is 2. The highest BCUT2D eigenvalue weighted by molar-refractivity contribution is 5.83. The van der Waals surface area contributed by atoms with Gasteiger partial charge < -0.3 is 14.5 Å². The molecule has 0 aromatic heterocycles. The third kappa shape index (κ3) is 4.45. The van der Waals surface area contributed by atoms with Crippen molar-refractivity contribution in [2.45, 2.75) is 39.0 Å². The second-order valence-electron chi connectivity index (χ2n) is 5.88. The van der Waals surface area contributed by atoms with E-state index in [-0.39, 0.29) is 36.6 Å². The Balaban J connectivity index is 2.59. The SMILES string of the molecule is CC1CN(C(=O)C(C)N(C)CC(=O)N(C)C)CC(C)O1. The Hall–Kier alpha value is -1.14. The number of ether oxygens (including phenoxy) is 1. The topological polar surface area (TPSA) is 53.1 Å². The van der Waals surface area contributed by atoms with Gasteiger partial charge in [-0.15, -0.1) is 0 Å². The summed E-state index contributed by atoms with van der Waals surface area (Å²) in [6.07, 6.45) is 0.118. The first-order valence-electron chi connectivity index (χ1n) is 7.07. The Bertz CT molecular complexity index is 350. The molecule has 0 aromatic rings. The lowest BCUT2D eigenvalue weighted by molar-refractivity contribution is -0.148. The maximum Gasteiger partial charge on any atom is 0.239 e. The lowest BCUT2D eigenvalue weighted by Crippen LogP contribution is -2.54. The summed E-state index contributed by atoms with van der Waals surface area (Å²) in [5.41, 5.74) is 0. The summed E-state index contributed by atoms with van der Waals surface area (Å²) in [5, 5.41) is 0. The quantitative estimate of drug-likeness (QED) is 0.731. The standard InChI is InChI=1S/C14H27N3O3/c1-10-7-17(8-11(2)20-10)14(19)12(3)16(6)9-13(18)15(4)5/h10-12H,7-9H2,1-6H3. The Morgan fingerprint density at radius 1 is 1.20 bits per heavy atom. The maximum absolute atomic E-state index is 12.5. The zero-order valence-corrected chi connectivity index (χ0v) is 13.4. The third-order valence-electron chi connectivity index (χ3n) is 3.63. The Labute approximate surface area is 121 Å². The first-order valence-corrected chi connectivity index (χ1v) is 7.07. The summed E-state index contributed by atoms with van der Waals surface area (Å²) in [7, 11) is 5.24. The highest BCUT2D eigenvalue weighted by Gasteiger charge is 2.30. The second-order valence-corrected chi connectivity index (χ2v) is 5.88. The molecular weight excluding hydrogens is 258 g/mol. The highest BCUT2D eigenvalue weighted by Crippen LogP contribution is 2.13. The number of morpholine rings is 1. The lowest BCUT2D eigenvalue weighted by Gasteiger charge is -2.38. The minimum atomic E-state index is -0.309. The largest absolute Gasteiger partial charge is 0.372 e. The van der Waals surface area contributed by atoms with Gasteiger partial charge in [0.05, 0.1) is 24.8 Å². The van der Waals surface area contributed by atoms with Crippen LogP contribution in [0.4, 0.5) is 0 Å². The van der Waals surface area contributed by atoms with E-state index in [0.717, 1.165) is 0 Å². The normalized spacial score (nSPS) is 24.6. The molecule has 0 aliphatic carbocycles. The third-order valence-corrected chi connectivity index (χ3v) is 3.63. The van der Waals surface area contributed by atoms with Crippen molar-refractivity contribution in [3.8, 4) is 0 Å². The van der Waals surface area contributed by atoms with Gasteiger partial charge in [-0.2, -0.15) is 0 Å². The minimum absolute atomic E-state index is 0.00383. The molecule has 6 heteroatoms. The monoisotopic (exact) mass is 285 g/mol. The van der Waals surface area contributed by atoms with E-state index in [2.05, 4.69) is 0 Å². The van der Waals surface area contributed by atoms with Crippen LogP contribution < -0.4 is 0 Å². The van der Waals surface area contributed by atoms with Gasteiger partial charge >= 0.3 is 0 Å². The molecule has 0 radical (unpaired) electrons. The average Bonchev–Trinajstić information content (AvgIpc) is 2.35. The van der Waals surface area contributed by atoms with Gasteiger partial charge in [-0.1, -0.05) is 0 Å². The Kier molecular flexibility index (Phi) is 5.95. The van der Waals surface area contributed by atoms with E-state index in [1.165, 1.54) is 4.90 Å². The summed E-state index contributed by atoms with van der Waals surface area (Å²) in [6, 6.07) is -0.309. The van der Waals surface area contributed by atoms with E-state index < -0.39 is 0 Å². The summed E-state index contributed by atoms with van der Waals surface area (Å²) < 4.78 is 5.63. The molecule has 116 valence electrons. The van der Waals surface area contributed by atoms with Crippen LogP contribution in [0.25, 0.3) is 0 Å². The van der Waals surface area contributed by atoms with Crippen LogP contribution in [0, 0.1) is 0 Å². The summed E-state index contributed by atoms with van der Waals surface area (Å²) in [6.45, 7) is 7.26. The molecule has 20 heavy (non-hydrogen) atoms. The molecule has 1 fully saturated rings. The number of carbonyl (C=O) groups excluding carboxylic acids is 2. The van der Waals surface area contributed by atoms with Crippen LogP contribution in [0.3, 0.4) is 0 Å². The predicted molar refractivity (Wildman–Crippen MR) is 77.4 cm³/mol. The average molecular weight is 285 g/mol. The number of carbonyl (C=O) groups is 2. The summed E-state index contributed by atoms with van der Waals surface area (Å²) >= 11 is 0. The van der Waals surface area contributed by atoms with Crippen molar-refractivity contribution in [1.29, 1.82) is 0 Å². The van der Waals surface area contributed by atoms with Gasteiger partial charge in [0.25, 0.3) is 0 Å². The summed E-state index contributed by atoms with van der Waals surface area (Å²) in [5.74, 6) is 0.0527. The molecule has 1 heterocycles. The fourth-order valence-electron chi connectivity index (χ4n) is 2.30. The van der Waals surface area contributed by atoms with Crippen molar-refractivity contribution >= 4 is 11.8 Å². The van der Waals surface area contributed by atoms with Gasteiger partial charge in [0.2, 0.25) is 11.8 Å². The van der Waals surface area contributed by atoms with E-state index in [4.69, 9.17) is 4.74 Å². The Morgan fingerprint density at radius 3 is 2.15 bits per heavy atom. The zero-order chi connectivity index (χ0) is 15.4. The number of hydrogen-bond acceptors (Lipinski definition) is 4. The van der Waals surface area contributed by atoms with E-state index in [0.29, 0.717) is 13.1 Å². The van der Waals surface area contributed by atoms with Crippen LogP contribution in [0.5, 0.6) is 0 Å². The van der Waals surface area contributed by atoms with Crippen LogP contribution in [0.1, 0.15) is 20.8 Å². The van der Waals surface area contributed by atoms with Crippen molar-refractivity contribution < 1.29 is 14.3 Å². The zero-order valence-electron chi connectivity index (χ0n) is 13.4. The van der Waals surface area contributed by atoms with Crippen molar-refractivity contribution in [3.05, 3.63) is 0 Å². The molecule has 1 aliphatic heterocycles. The van der Waals surface area contributed by atoms with Gasteiger partial charge in [-0.05, 0) is 27.8 Å². The number of rotatable bonds is 4. The number of nitrogens with zero attached hydrogens (tertiary/aromatic N) is 3. The summed E-state index contributed by atoms with van der Waals surface area (Å²) in [4.78, 5) is 29.3. The molecule has 6 nitrogen and oxygen atoms in total. The Morgan fingerprint density at radius 2 is 1.70 bits per heavy atom. The molecule has 3 unspecified atom stereocenters. The van der Waals surface area contributed by atoms with E-state index >= 15 is 0 Å². The molecule has 0 aromatic carbocycles. The van der Waals surface area contributed by atoms with E-state index in [1.54, 1.807) is 26.0 Å². The van der Waals surface area contributed by atoms with Crippen LogP contribution in [-0.2, 0) is 14.3 Å². The molecule has 3 atom stereocenters. The molecule has 2 amide bonds. The molecule has 1 rings (SSSR count). The molecule has 0 saturated carbocycles. The number of hydrogen-bond donors (Lipinski definition) is 0. The van der Waals surface area contributed by atoms with Gasteiger partial charge in [0, 0.05) is 27.2 Å². The molecule has 0 bridgehead atoms. The molecule has 1 aliphatic rings. The predicted octanol–water partition coefficient (Wildman–Crippen LogP) is 0.0307. The first-order chi connectivity index (χ1) is 9.22. The fourth-order valence-corrected chi connectivity index (χ4v) is 2.30. The van der Waals surface area contributed by atoms with Crippen LogP contribution >= 0.6 is 0 Å². The smallest absolute Gasteiger partial charge is 0.239 e. The van der Waals surface area contributed by atoms with Crippen molar-refractivity contribution in [2.24, 2.45) is 0 Å². The maximum atomic E-state index is 12.5. The van der Waals surface area contributed by atoms with Crippen molar-refractivity contribution in [1.82, 2.24) is 14.7 Å². The fraction of sp³-hybridized carbons (Fsp3) is 0.857. The van der Waals surface area contributed by atoms with Crippen molar-refractivity contribution in [3.63, 3.8) is 0 Å². The van der Waals surface area contributed by atoms with Crippen LogP contribution in [0.15, 0.2) is 0 Å². The molecule has 1 saturated heterocycles. The molecule has 0 N–H and O–H groups in total. The van der Waals surface area contributed by atoms with Crippen LogP contribution in [-0.4, -0.2) is 85.5 Å².